The zero-order valence-corrected chi connectivity index (χ0v) is 14.2. The fraction of sp³-hybridized carbons (Fsp3) is 0.632. The first kappa shape index (κ1) is 18.1. The highest BCUT2D eigenvalue weighted by Gasteiger charge is 2.42. The van der Waals surface area contributed by atoms with Gasteiger partial charge in [0.25, 0.3) is 0 Å². The lowest BCUT2D eigenvalue weighted by molar-refractivity contribution is -0.269. The van der Waals surface area contributed by atoms with Crippen LogP contribution in [0.3, 0.4) is 0 Å². The van der Waals surface area contributed by atoms with Gasteiger partial charge in [-0.3, -0.25) is 0 Å². The summed E-state index contributed by atoms with van der Waals surface area (Å²) in [4.78, 5) is 0. The predicted octanol–water partition coefficient (Wildman–Crippen LogP) is 4.74. The quantitative estimate of drug-likeness (QED) is 0.703. The van der Waals surface area contributed by atoms with Crippen molar-refractivity contribution in [2.45, 2.75) is 58.2 Å². The van der Waals surface area contributed by atoms with Gasteiger partial charge in [0, 0.05) is 11.8 Å². The van der Waals surface area contributed by atoms with Crippen molar-refractivity contribution < 1.29 is 13.9 Å². The molecule has 1 aromatic carbocycles. The highest BCUT2D eigenvalue weighted by Crippen LogP contribution is 2.38. The van der Waals surface area contributed by atoms with Gasteiger partial charge in [-0.15, -0.1) is 0 Å². The minimum Gasteiger partial charge on any atom is -0.344 e. The van der Waals surface area contributed by atoms with Crippen LogP contribution in [0.1, 0.15) is 51.5 Å². The molecule has 1 aliphatic rings. The van der Waals surface area contributed by atoms with Gasteiger partial charge in [0.15, 0.2) is 0 Å². The lowest BCUT2D eigenvalue weighted by Crippen LogP contribution is -2.50. The van der Waals surface area contributed by atoms with Crippen LogP contribution in [0, 0.1) is 16.6 Å². The number of ether oxygens (including phenoxy) is 2. The summed E-state index contributed by atoms with van der Waals surface area (Å²) < 4.78 is 25.1. The fourth-order valence-electron chi connectivity index (χ4n) is 3.38. The number of rotatable bonds is 8. The SMILES string of the molecule is CCCC1(CCC)COC(C=N)(CCc2ccc(F)cc2)OC1. The van der Waals surface area contributed by atoms with Crippen molar-refractivity contribution in [2.24, 2.45) is 5.41 Å². The Labute approximate surface area is 138 Å². The molecule has 0 saturated carbocycles. The maximum Gasteiger partial charge on any atom is 0.204 e. The van der Waals surface area contributed by atoms with Crippen LogP contribution >= 0.6 is 0 Å². The summed E-state index contributed by atoms with van der Waals surface area (Å²) in [5, 5.41) is 7.74. The molecular formula is C19H28FNO2. The van der Waals surface area contributed by atoms with Gasteiger partial charge in [-0.2, -0.15) is 0 Å². The van der Waals surface area contributed by atoms with Crippen LogP contribution in [0.2, 0.25) is 0 Å². The third kappa shape index (κ3) is 4.61. The van der Waals surface area contributed by atoms with Gasteiger partial charge in [0.05, 0.1) is 19.4 Å². The Kier molecular flexibility index (Phi) is 6.31. The van der Waals surface area contributed by atoms with Gasteiger partial charge >= 0.3 is 0 Å². The molecule has 0 atom stereocenters. The van der Waals surface area contributed by atoms with Gasteiger partial charge in [-0.05, 0) is 37.0 Å². The van der Waals surface area contributed by atoms with Crippen LogP contribution in [-0.4, -0.2) is 25.2 Å². The van der Waals surface area contributed by atoms with Crippen molar-refractivity contribution in [3.8, 4) is 0 Å². The van der Waals surface area contributed by atoms with E-state index in [0.29, 0.717) is 26.1 Å². The number of halogens is 1. The van der Waals surface area contributed by atoms with E-state index >= 15 is 0 Å². The molecule has 0 bridgehead atoms. The summed E-state index contributed by atoms with van der Waals surface area (Å²) in [6, 6.07) is 6.47. The normalized spacial score (nSPS) is 19.4. The van der Waals surface area contributed by atoms with Crippen LogP contribution in [0.15, 0.2) is 24.3 Å². The Balaban J connectivity index is 1.97. The Bertz CT molecular complexity index is 485. The van der Waals surface area contributed by atoms with Crippen LogP contribution in [0.25, 0.3) is 0 Å². The highest BCUT2D eigenvalue weighted by atomic mass is 19.1. The molecule has 1 N–H and O–H groups in total. The summed E-state index contributed by atoms with van der Waals surface area (Å²) in [6.07, 6.45) is 6.96. The zero-order chi connectivity index (χ0) is 16.8. The van der Waals surface area contributed by atoms with E-state index in [2.05, 4.69) is 13.8 Å². The Morgan fingerprint density at radius 3 is 2.09 bits per heavy atom. The molecule has 0 radical (unpaired) electrons. The summed E-state index contributed by atoms with van der Waals surface area (Å²) in [6.45, 7) is 5.66. The number of benzene rings is 1. The van der Waals surface area contributed by atoms with Crippen molar-refractivity contribution in [1.82, 2.24) is 0 Å². The van der Waals surface area contributed by atoms with Crippen molar-refractivity contribution in [3.63, 3.8) is 0 Å². The second kappa shape index (κ2) is 8.02. The summed E-state index contributed by atoms with van der Waals surface area (Å²) in [7, 11) is 0. The first-order chi connectivity index (χ1) is 11.1. The molecule has 0 aromatic heterocycles. The third-order valence-electron chi connectivity index (χ3n) is 4.70. The minimum absolute atomic E-state index is 0.0892. The van der Waals surface area contributed by atoms with Crippen molar-refractivity contribution in [3.05, 3.63) is 35.6 Å². The first-order valence-electron chi connectivity index (χ1n) is 8.61. The first-order valence-corrected chi connectivity index (χ1v) is 8.61. The van der Waals surface area contributed by atoms with Crippen LogP contribution in [0.5, 0.6) is 0 Å². The number of hydrogen-bond acceptors (Lipinski definition) is 3. The van der Waals surface area contributed by atoms with Gasteiger partial charge in [0.1, 0.15) is 5.82 Å². The average Bonchev–Trinajstić information content (AvgIpc) is 2.57. The second-order valence-electron chi connectivity index (χ2n) is 6.66. The van der Waals surface area contributed by atoms with Gasteiger partial charge in [-0.25, -0.2) is 4.39 Å². The van der Waals surface area contributed by atoms with E-state index in [1.807, 2.05) is 0 Å². The molecular weight excluding hydrogens is 293 g/mol. The maximum absolute atomic E-state index is 13.0. The van der Waals surface area contributed by atoms with E-state index in [0.717, 1.165) is 31.2 Å². The maximum atomic E-state index is 13.0. The number of hydrogen-bond donors (Lipinski definition) is 1. The molecule has 128 valence electrons. The van der Waals surface area contributed by atoms with E-state index in [1.54, 1.807) is 12.1 Å². The molecule has 1 heterocycles. The molecule has 1 fully saturated rings. The Morgan fingerprint density at radius 2 is 1.61 bits per heavy atom. The summed E-state index contributed by atoms with van der Waals surface area (Å²) in [5.74, 6) is -1.16. The molecule has 1 aromatic rings. The molecule has 0 unspecified atom stereocenters. The molecule has 1 saturated heterocycles. The smallest absolute Gasteiger partial charge is 0.204 e. The molecule has 0 spiro atoms. The van der Waals surface area contributed by atoms with Crippen LogP contribution in [-0.2, 0) is 15.9 Å². The molecule has 1 aliphatic heterocycles. The standard InChI is InChI=1S/C19H28FNO2/c1-3-10-18(11-4-2)14-22-19(13-21,23-15-18)12-9-16-5-7-17(20)8-6-16/h5-8,13,21H,3-4,9-12,14-15H2,1-2H3. The fourth-order valence-corrected chi connectivity index (χ4v) is 3.38. The average molecular weight is 321 g/mol. The molecule has 4 heteroatoms. The largest absolute Gasteiger partial charge is 0.344 e. The van der Waals surface area contributed by atoms with Crippen LogP contribution in [0.4, 0.5) is 4.39 Å². The molecule has 2 rings (SSSR count). The lowest BCUT2D eigenvalue weighted by Gasteiger charge is -2.45. The number of aryl methyl sites for hydroxylation is 1. The van der Waals surface area contributed by atoms with E-state index in [1.165, 1.54) is 18.3 Å². The van der Waals surface area contributed by atoms with Gasteiger partial charge < -0.3 is 14.9 Å². The summed E-state index contributed by atoms with van der Waals surface area (Å²) in [5.41, 5.74) is 1.12. The second-order valence-corrected chi connectivity index (χ2v) is 6.66. The van der Waals surface area contributed by atoms with Gasteiger partial charge in [-0.1, -0.05) is 38.8 Å². The Morgan fingerprint density at radius 1 is 1.04 bits per heavy atom. The molecule has 0 aliphatic carbocycles. The Hall–Kier alpha value is -1.26. The number of nitrogens with one attached hydrogen (secondary N) is 1. The van der Waals surface area contributed by atoms with E-state index in [-0.39, 0.29) is 11.2 Å². The molecule has 0 amide bonds. The topological polar surface area (TPSA) is 42.3 Å². The van der Waals surface area contributed by atoms with E-state index in [4.69, 9.17) is 14.9 Å². The lowest BCUT2D eigenvalue weighted by atomic mass is 9.80. The third-order valence-corrected chi connectivity index (χ3v) is 4.70. The monoisotopic (exact) mass is 321 g/mol. The van der Waals surface area contributed by atoms with Crippen molar-refractivity contribution in [1.29, 1.82) is 5.41 Å². The summed E-state index contributed by atoms with van der Waals surface area (Å²) >= 11 is 0. The van der Waals surface area contributed by atoms with E-state index in [9.17, 15) is 4.39 Å². The van der Waals surface area contributed by atoms with E-state index < -0.39 is 5.79 Å². The van der Waals surface area contributed by atoms with Crippen LogP contribution < -0.4 is 0 Å². The predicted molar refractivity (Wildman–Crippen MR) is 90.4 cm³/mol. The van der Waals surface area contributed by atoms with Gasteiger partial charge in [0.2, 0.25) is 5.79 Å². The zero-order valence-electron chi connectivity index (χ0n) is 14.2. The van der Waals surface area contributed by atoms with Crippen molar-refractivity contribution >= 4 is 6.21 Å². The highest BCUT2D eigenvalue weighted by molar-refractivity contribution is 5.63. The van der Waals surface area contributed by atoms with Crippen molar-refractivity contribution in [2.75, 3.05) is 13.2 Å². The minimum atomic E-state index is -0.931. The molecule has 3 nitrogen and oxygen atoms in total. The molecule has 23 heavy (non-hydrogen) atoms.